The van der Waals surface area contributed by atoms with Gasteiger partial charge in [0.05, 0.1) is 4.75 Å². The van der Waals surface area contributed by atoms with Gasteiger partial charge in [0, 0.05) is 11.4 Å². The zero-order valence-electron chi connectivity index (χ0n) is 22.9. The first-order chi connectivity index (χ1) is 20.3. The fraction of sp³-hybridized carbons (Fsp3) is 0.250. The number of esters is 1. The van der Waals surface area contributed by atoms with Crippen LogP contribution in [-0.4, -0.2) is 55.9 Å². The Balaban J connectivity index is 1.24. The van der Waals surface area contributed by atoms with E-state index in [0.29, 0.717) is 11.5 Å². The summed E-state index contributed by atoms with van der Waals surface area (Å²) in [5.41, 5.74) is 3.00. The summed E-state index contributed by atoms with van der Waals surface area (Å²) in [4.78, 5) is 42.4. The van der Waals surface area contributed by atoms with Crippen LogP contribution >= 0.6 is 23.4 Å². The van der Waals surface area contributed by atoms with Crippen molar-refractivity contribution in [3.63, 3.8) is 0 Å². The number of fused-ring (bicyclic) bond motifs is 1. The quantitative estimate of drug-likeness (QED) is 0.165. The van der Waals surface area contributed by atoms with E-state index in [-0.39, 0.29) is 17.4 Å². The molecule has 0 radical (unpaired) electrons. The molecule has 4 aromatic rings. The first-order valence-corrected chi connectivity index (χ1v) is 14.9. The van der Waals surface area contributed by atoms with E-state index in [0.717, 1.165) is 16.7 Å². The Labute approximate surface area is 252 Å². The van der Waals surface area contributed by atoms with E-state index < -0.39 is 40.2 Å². The molecule has 1 N–H and O–H groups in total. The maximum Gasteiger partial charge on any atom is 0.331 e. The van der Waals surface area contributed by atoms with Gasteiger partial charge in [0.2, 0.25) is 5.91 Å². The molecular weight excluding hydrogens is 574 g/mol. The highest BCUT2D eigenvalue weighted by molar-refractivity contribution is 8.01. The van der Waals surface area contributed by atoms with Crippen LogP contribution in [0, 0.1) is 6.92 Å². The normalized spacial score (nSPS) is 22.9. The highest BCUT2D eigenvalue weighted by Crippen LogP contribution is 2.52. The van der Waals surface area contributed by atoms with Crippen molar-refractivity contribution in [1.29, 1.82) is 0 Å². The number of aryl methyl sites for hydroxylation is 1. The molecule has 0 unspecified atom stereocenters. The van der Waals surface area contributed by atoms with Gasteiger partial charge in [0.25, 0.3) is 5.91 Å². The first kappa shape index (κ1) is 28.1. The number of β-lactam (4-membered cyclic amide) rings is 1. The molecule has 10 heteroatoms. The lowest BCUT2D eigenvalue weighted by Gasteiger charge is -2.44. The third kappa shape index (κ3) is 4.86. The molecule has 214 valence electrons. The number of halogens is 1. The van der Waals surface area contributed by atoms with Crippen molar-refractivity contribution in [3.05, 3.63) is 113 Å². The standard InChI is InChI=1S/C32H28ClN3O5S/c1-19-23(24(35-41-19)20-12-6-3-7-13-20)28(37)34-25-29(38)36-27(32(2,18-33)42-30(25)36)31(39)40-26(21-14-8-4-9-15-21)22-16-10-5-11-17-22/h3-17,25-27,30H,18H2,1-2H3,(H,34,37)/t25-,27+,30+,32+/m1/s1. The fourth-order valence-electron chi connectivity index (χ4n) is 5.53. The molecule has 1 aromatic heterocycles. The van der Waals surface area contributed by atoms with Crippen molar-refractivity contribution in [2.24, 2.45) is 0 Å². The number of carbonyl (C=O) groups excluding carboxylic acids is 3. The number of alkyl halides is 1. The van der Waals surface area contributed by atoms with Gasteiger partial charge in [-0.2, -0.15) is 0 Å². The smallest absolute Gasteiger partial charge is 0.331 e. The Bertz CT molecular complexity index is 1580. The molecule has 2 saturated heterocycles. The summed E-state index contributed by atoms with van der Waals surface area (Å²) < 4.78 is 10.6. The Morgan fingerprint density at radius 3 is 2.17 bits per heavy atom. The van der Waals surface area contributed by atoms with Crippen molar-refractivity contribution in [1.82, 2.24) is 15.4 Å². The highest BCUT2D eigenvalue weighted by Gasteiger charge is 2.66. The van der Waals surface area contributed by atoms with E-state index in [4.69, 9.17) is 20.9 Å². The molecule has 2 fully saturated rings. The predicted octanol–water partition coefficient (Wildman–Crippen LogP) is 5.36. The molecule has 0 saturated carbocycles. The SMILES string of the molecule is Cc1onc(-c2ccccc2)c1C(=O)N[C@@H]1C(=O)N2[C@@H](C(=O)OC(c3ccccc3)c3ccccc3)[C@](C)(CCl)S[C@@H]12. The Kier molecular flexibility index (Phi) is 7.55. The van der Waals surface area contributed by atoms with Crippen LogP contribution in [0.15, 0.2) is 95.5 Å². The van der Waals surface area contributed by atoms with Crippen molar-refractivity contribution in [3.8, 4) is 11.3 Å². The van der Waals surface area contributed by atoms with Crippen molar-refractivity contribution in [2.75, 3.05) is 5.88 Å². The maximum absolute atomic E-state index is 13.9. The van der Waals surface area contributed by atoms with Crippen molar-refractivity contribution in [2.45, 2.75) is 42.2 Å². The maximum atomic E-state index is 13.9. The Morgan fingerprint density at radius 1 is 1.02 bits per heavy atom. The average Bonchev–Trinajstić information content (AvgIpc) is 3.55. The highest BCUT2D eigenvalue weighted by atomic mass is 35.5. The lowest BCUT2D eigenvalue weighted by molar-refractivity contribution is -0.166. The number of amides is 2. The number of hydrogen-bond acceptors (Lipinski definition) is 7. The summed E-state index contributed by atoms with van der Waals surface area (Å²) in [6.07, 6.45) is -0.664. The number of nitrogens with one attached hydrogen (secondary N) is 1. The number of nitrogens with zero attached hydrogens (tertiary/aromatic N) is 2. The number of rotatable bonds is 8. The van der Waals surface area contributed by atoms with Gasteiger partial charge in [0.1, 0.15) is 34.5 Å². The lowest BCUT2D eigenvalue weighted by atomic mass is 9.95. The number of aromatic nitrogens is 1. The van der Waals surface area contributed by atoms with Gasteiger partial charge in [-0.3, -0.25) is 9.59 Å². The van der Waals surface area contributed by atoms with E-state index in [9.17, 15) is 14.4 Å². The first-order valence-electron chi connectivity index (χ1n) is 13.5. The van der Waals surface area contributed by atoms with E-state index in [2.05, 4.69) is 10.5 Å². The Morgan fingerprint density at radius 2 is 1.60 bits per heavy atom. The van der Waals surface area contributed by atoms with Crippen LogP contribution in [-0.2, 0) is 14.3 Å². The summed E-state index contributed by atoms with van der Waals surface area (Å²) in [6.45, 7) is 3.50. The molecule has 4 atom stereocenters. The van der Waals surface area contributed by atoms with Gasteiger partial charge in [-0.25, -0.2) is 4.79 Å². The van der Waals surface area contributed by atoms with Crippen LogP contribution in [0.1, 0.15) is 40.3 Å². The molecule has 0 spiro atoms. The minimum absolute atomic E-state index is 0.0998. The molecular formula is C32H28ClN3O5S. The van der Waals surface area contributed by atoms with Gasteiger partial charge in [-0.1, -0.05) is 96.2 Å². The summed E-state index contributed by atoms with van der Waals surface area (Å²) in [5, 5.41) is 6.45. The topological polar surface area (TPSA) is 102 Å². The second kappa shape index (κ2) is 11.3. The molecule has 2 amide bonds. The van der Waals surface area contributed by atoms with Crippen LogP contribution in [0.2, 0.25) is 0 Å². The number of ether oxygens (including phenoxy) is 1. The number of thioether (sulfide) groups is 1. The zero-order valence-corrected chi connectivity index (χ0v) is 24.5. The van der Waals surface area contributed by atoms with E-state index in [1.807, 2.05) is 97.9 Å². The molecule has 3 heterocycles. The zero-order chi connectivity index (χ0) is 29.4. The van der Waals surface area contributed by atoms with Gasteiger partial charge in [-0.05, 0) is 25.0 Å². The monoisotopic (exact) mass is 601 g/mol. The predicted molar refractivity (Wildman–Crippen MR) is 160 cm³/mol. The van der Waals surface area contributed by atoms with Gasteiger partial charge < -0.3 is 19.5 Å². The van der Waals surface area contributed by atoms with Gasteiger partial charge in [-0.15, -0.1) is 23.4 Å². The van der Waals surface area contributed by atoms with Crippen LogP contribution in [0.4, 0.5) is 0 Å². The largest absolute Gasteiger partial charge is 0.451 e. The molecule has 8 nitrogen and oxygen atoms in total. The van der Waals surface area contributed by atoms with Gasteiger partial charge in [0.15, 0.2) is 6.10 Å². The number of carbonyl (C=O) groups is 3. The summed E-state index contributed by atoms with van der Waals surface area (Å²) in [6, 6.07) is 26.4. The average molecular weight is 602 g/mol. The molecule has 3 aromatic carbocycles. The molecule has 6 rings (SSSR count). The van der Waals surface area contributed by atoms with Crippen molar-refractivity contribution >= 4 is 41.1 Å². The third-order valence-corrected chi connectivity index (χ3v) is 10.0. The summed E-state index contributed by atoms with van der Waals surface area (Å²) in [5.74, 6) is -0.956. The summed E-state index contributed by atoms with van der Waals surface area (Å²) in [7, 11) is 0. The van der Waals surface area contributed by atoms with E-state index in [1.54, 1.807) is 6.92 Å². The fourth-order valence-corrected chi connectivity index (χ4v) is 7.48. The van der Waals surface area contributed by atoms with E-state index >= 15 is 0 Å². The number of hydrogen-bond donors (Lipinski definition) is 1. The van der Waals surface area contributed by atoms with Crippen LogP contribution < -0.4 is 5.32 Å². The minimum Gasteiger partial charge on any atom is -0.451 e. The van der Waals surface area contributed by atoms with Crippen LogP contribution in [0.25, 0.3) is 11.3 Å². The van der Waals surface area contributed by atoms with E-state index in [1.165, 1.54) is 16.7 Å². The molecule has 0 bridgehead atoms. The van der Waals surface area contributed by atoms with Crippen LogP contribution in [0.5, 0.6) is 0 Å². The molecule has 0 aliphatic carbocycles. The molecule has 42 heavy (non-hydrogen) atoms. The molecule has 2 aliphatic heterocycles. The third-order valence-electron chi connectivity index (χ3n) is 7.68. The lowest BCUT2D eigenvalue weighted by Crippen LogP contribution is -2.71. The van der Waals surface area contributed by atoms with Crippen molar-refractivity contribution < 1.29 is 23.6 Å². The second-order valence-corrected chi connectivity index (χ2v) is 12.4. The summed E-state index contributed by atoms with van der Waals surface area (Å²) >= 11 is 7.83. The minimum atomic E-state index is -0.933. The van der Waals surface area contributed by atoms with Gasteiger partial charge >= 0.3 is 5.97 Å². The van der Waals surface area contributed by atoms with Crippen LogP contribution in [0.3, 0.4) is 0 Å². The Hall–Kier alpha value is -4.08. The number of benzene rings is 3. The molecule has 2 aliphatic rings. The second-order valence-electron chi connectivity index (χ2n) is 10.5.